The highest BCUT2D eigenvalue weighted by atomic mass is 32.1. The Morgan fingerprint density at radius 2 is 2.40 bits per heavy atom. The number of nitrogens with two attached hydrogens (primary N) is 1. The Morgan fingerprint density at radius 1 is 1.53 bits per heavy atom. The second-order valence-electron chi connectivity index (χ2n) is 3.01. The number of hydrogen-bond donors (Lipinski definition) is 2. The number of rotatable bonds is 4. The van der Waals surface area contributed by atoms with Crippen molar-refractivity contribution in [1.82, 2.24) is 5.43 Å². The fourth-order valence-corrected chi connectivity index (χ4v) is 2.40. The van der Waals surface area contributed by atoms with Gasteiger partial charge in [0, 0.05) is 5.56 Å². The van der Waals surface area contributed by atoms with Gasteiger partial charge in [-0.3, -0.25) is 5.84 Å². The second-order valence-corrected chi connectivity index (χ2v) is 3.96. The van der Waals surface area contributed by atoms with E-state index in [1.165, 1.54) is 0 Å². The van der Waals surface area contributed by atoms with E-state index in [1.807, 2.05) is 17.5 Å². The van der Waals surface area contributed by atoms with E-state index in [9.17, 15) is 0 Å². The molecular weight excluding hydrogens is 212 g/mol. The molecule has 0 saturated carbocycles. The van der Waals surface area contributed by atoms with Crippen LogP contribution in [0.15, 0.2) is 34.5 Å². The summed E-state index contributed by atoms with van der Waals surface area (Å²) >= 11 is 1.60. The van der Waals surface area contributed by atoms with Crippen LogP contribution in [0.2, 0.25) is 0 Å². The Bertz CT molecular complexity index is 411. The van der Waals surface area contributed by atoms with Gasteiger partial charge in [0.05, 0.1) is 30.6 Å². The number of furan rings is 1. The third kappa shape index (κ3) is 1.90. The van der Waals surface area contributed by atoms with Gasteiger partial charge < -0.3 is 9.15 Å². The van der Waals surface area contributed by atoms with E-state index >= 15 is 0 Å². The first-order valence-electron chi connectivity index (χ1n) is 4.46. The number of thiophene rings is 1. The van der Waals surface area contributed by atoms with Crippen LogP contribution in [0.1, 0.15) is 16.5 Å². The highest BCUT2D eigenvalue weighted by Gasteiger charge is 2.19. The third-order valence-electron chi connectivity index (χ3n) is 2.18. The van der Waals surface area contributed by atoms with Crippen LogP contribution < -0.4 is 16.0 Å². The summed E-state index contributed by atoms with van der Waals surface area (Å²) in [6, 6.07) is 3.72. The largest absolute Gasteiger partial charge is 0.496 e. The van der Waals surface area contributed by atoms with E-state index in [-0.39, 0.29) is 6.04 Å². The summed E-state index contributed by atoms with van der Waals surface area (Å²) in [5, 5.41) is 1.97. The van der Waals surface area contributed by atoms with E-state index in [4.69, 9.17) is 15.0 Å². The van der Waals surface area contributed by atoms with Crippen molar-refractivity contribution in [3.8, 4) is 5.75 Å². The molecule has 2 rings (SSSR count). The molecule has 2 aromatic heterocycles. The van der Waals surface area contributed by atoms with E-state index < -0.39 is 0 Å². The van der Waals surface area contributed by atoms with Crippen molar-refractivity contribution >= 4 is 11.3 Å². The molecule has 0 saturated heterocycles. The molecule has 0 spiro atoms. The maximum atomic E-state index is 5.54. The van der Waals surface area contributed by atoms with Gasteiger partial charge in [-0.1, -0.05) is 0 Å². The lowest BCUT2D eigenvalue weighted by Gasteiger charge is -2.13. The summed E-state index contributed by atoms with van der Waals surface area (Å²) in [4.78, 5) is 1.04. The lowest BCUT2D eigenvalue weighted by atomic mass is 10.1. The summed E-state index contributed by atoms with van der Waals surface area (Å²) in [5.41, 5.74) is 3.74. The van der Waals surface area contributed by atoms with Gasteiger partial charge in [-0.15, -0.1) is 11.3 Å². The Balaban J connectivity index is 2.35. The lowest BCUT2D eigenvalue weighted by Crippen LogP contribution is -2.28. The van der Waals surface area contributed by atoms with Gasteiger partial charge in [-0.25, -0.2) is 5.43 Å². The summed E-state index contributed by atoms with van der Waals surface area (Å²) in [6.07, 6.45) is 3.30. The fraction of sp³-hybridized carbons (Fsp3) is 0.200. The molecule has 0 aliphatic heterocycles. The standard InChI is InChI=1S/C10H12N2O2S/c1-13-8-3-5-15-10(8)9(12-11)7-2-4-14-6-7/h2-6,9,12H,11H2,1H3. The SMILES string of the molecule is COc1ccsc1C(NN)c1ccoc1. The van der Waals surface area contributed by atoms with Crippen molar-refractivity contribution in [2.24, 2.45) is 5.84 Å². The molecule has 0 fully saturated rings. The first-order valence-corrected chi connectivity index (χ1v) is 5.34. The predicted molar refractivity (Wildman–Crippen MR) is 58.7 cm³/mol. The van der Waals surface area contributed by atoms with Crippen LogP contribution in [0.5, 0.6) is 5.75 Å². The Labute approximate surface area is 91.6 Å². The Morgan fingerprint density at radius 3 is 3.00 bits per heavy atom. The minimum Gasteiger partial charge on any atom is -0.496 e. The van der Waals surface area contributed by atoms with Crippen LogP contribution in [-0.4, -0.2) is 7.11 Å². The fourth-order valence-electron chi connectivity index (χ4n) is 1.45. The number of hydrogen-bond acceptors (Lipinski definition) is 5. The first-order chi connectivity index (χ1) is 7.36. The van der Waals surface area contributed by atoms with E-state index in [2.05, 4.69) is 5.43 Å². The van der Waals surface area contributed by atoms with Gasteiger partial charge in [0.25, 0.3) is 0 Å². The van der Waals surface area contributed by atoms with Gasteiger partial charge in [0.2, 0.25) is 0 Å². The molecule has 2 heterocycles. The smallest absolute Gasteiger partial charge is 0.134 e. The number of hydrazine groups is 1. The molecule has 1 atom stereocenters. The van der Waals surface area contributed by atoms with E-state index in [1.54, 1.807) is 31.0 Å². The Hall–Kier alpha value is -1.30. The molecular formula is C10H12N2O2S. The van der Waals surface area contributed by atoms with Crippen molar-refractivity contribution in [2.45, 2.75) is 6.04 Å². The van der Waals surface area contributed by atoms with E-state index in [0.29, 0.717) is 0 Å². The van der Waals surface area contributed by atoms with Crippen LogP contribution in [0.4, 0.5) is 0 Å². The highest BCUT2D eigenvalue weighted by molar-refractivity contribution is 7.10. The van der Waals surface area contributed by atoms with Gasteiger partial charge in [-0.05, 0) is 17.5 Å². The minimum atomic E-state index is -0.0845. The second kappa shape index (κ2) is 4.48. The molecule has 0 aliphatic carbocycles. The minimum absolute atomic E-state index is 0.0845. The topological polar surface area (TPSA) is 60.4 Å². The summed E-state index contributed by atoms with van der Waals surface area (Å²) in [6.45, 7) is 0. The predicted octanol–water partition coefficient (Wildman–Crippen LogP) is 1.90. The molecule has 0 aliphatic rings. The summed E-state index contributed by atoms with van der Waals surface area (Å²) in [5.74, 6) is 6.38. The molecule has 3 N–H and O–H groups in total. The zero-order chi connectivity index (χ0) is 10.7. The number of ether oxygens (including phenoxy) is 1. The first kappa shape index (κ1) is 10.2. The lowest BCUT2D eigenvalue weighted by molar-refractivity contribution is 0.407. The molecule has 15 heavy (non-hydrogen) atoms. The monoisotopic (exact) mass is 224 g/mol. The molecule has 0 bridgehead atoms. The normalized spacial score (nSPS) is 12.7. The summed E-state index contributed by atoms with van der Waals surface area (Å²) in [7, 11) is 1.65. The molecule has 1 unspecified atom stereocenters. The van der Waals surface area contributed by atoms with Crippen LogP contribution in [0.25, 0.3) is 0 Å². The van der Waals surface area contributed by atoms with Crippen molar-refractivity contribution in [3.63, 3.8) is 0 Å². The quantitative estimate of drug-likeness (QED) is 0.615. The van der Waals surface area contributed by atoms with Gasteiger partial charge in [-0.2, -0.15) is 0 Å². The Kier molecular flexibility index (Phi) is 3.05. The molecule has 80 valence electrons. The molecule has 0 aromatic carbocycles. The summed E-state index contributed by atoms with van der Waals surface area (Å²) < 4.78 is 10.3. The zero-order valence-electron chi connectivity index (χ0n) is 8.27. The van der Waals surface area contributed by atoms with Crippen molar-refractivity contribution in [2.75, 3.05) is 7.11 Å². The third-order valence-corrected chi connectivity index (χ3v) is 3.15. The van der Waals surface area contributed by atoms with Crippen LogP contribution >= 0.6 is 11.3 Å². The van der Waals surface area contributed by atoms with Crippen molar-refractivity contribution < 1.29 is 9.15 Å². The van der Waals surface area contributed by atoms with Gasteiger partial charge in [0.15, 0.2) is 0 Å². The van der Waals surface area contributed by atoms with Crippen LogP contribution in [0.3, 0.4) is 0 Å². The maximum absolute atomic E-state index is 5.54. The number of nitrogens with one attached hydrogen (secondary N) is 1. The van der Waals surface area contributed by atoms with Crippen molar-refractivity contribution in [1.29, 1.82) is 0 Å². The highest BCUT2D eigenvalue weighted by Crippen LogP contribution is 2.34. The molecule has 4 nitrogen and oxygen atoms in total. The average molecular weight is 224 g/mol. The maximum Gasteiger partial charge on any atom is 0.134 e. The van der Waals surface area contributed by atoms with Crippen molar-refractivity contribution in [3.05, 3.63) is 40.5 Å². The van der Waals surface area contributed by atoms with E-state index in [0.717, 1.165) is 16.2 Å². The molecule has 5 heteroatoms. The molecule has 2 aromatic rings. The number of methoxy groups -OCH3 is 1. The average Bonchev–Trinajstić information content (AvgIpc) is 2.89. The van der Waals surface area contributed by atoms with Gasteiger partial charge >= 0.3 is 0 Å². The van der Waals surface area contributed by atoms with Crippen LogP contribution in [0, 0.1) is 0 Å². The zero-order valence-corrected chi connectivity index (χ0v) is 9.08. The molecule has 0 radical (unpaired) electrons. The molecule has 0 amide bonds. The van der Waals surface area contributed by atoms with Gasteiger partial charge in [0.1, 0.15) is 5.75 Å². The van der Waals surface area contributed by atoms with Crippen LogP contribution in [-0.2, 0) is 0 Å².